The molecule has 1 aliphatic rings. The van der Waals surface area contributed by atoms with Crippen LogP contribution >= 0.6 is 0 Å². The van der Waals surface area contributed by atoms with Gasteiger partial charge in [0.15, 0.2) is 11.6 Å². The Morgan fingerprint density at radius 1 is 1.25 bits per heavy atom. The maximum Gasteiger partial charge on any atom is 0.161 e. The number of carbonyl (C=O) groups is 1. The predicted octanol–water partition coefficient (Wildman–Crippen LogP) is 4.04. The summed E-state index contributed by atoms with van der Waals surface area (Å²) >= 11 is 0. The molecule has 7 nitrogen and oxygen atoms in total. The lowest BCUT2D eigenvalue weighted by atomic mass is 9.76. The van der Waals surface area contributed by atoms with Gasteiger partial charge in [-0.15, -0.1) is 0 Å². The molecule has 0 amide bonds. The number of nitrogens with one attached hydrogen (secondary N) is 2. The number of ketones is 1. The summed E-state index contributed by atoms with van der Waals surface area (Å²) in [7, 11) is 1.63. The normalized spacial score (nSPS) is 22.3. The van der Waals surface area contributed by atoms with Crippen molar-refractivity contribution in [3.63, 3.8) is 0 Å². The third kappa shape index (κ3) is 3.38. The molecule has 0 spiro atoms. The van der Waals surface area contributed by atoms with Crippen molar-refractivity contribution in [1.82, 2.24) is 20.2 Å². The molecule has 4 rings (SSSR count). The first kappa shape index (κ1) is 18.6. The van der Waals surface area contributed by atoms with E-state index in [0.29, 0.717) is 12.8 Å². The number of nitrogens with zero attached hydrogens (tertiary/aromatic N) is 3. The van der Waals surface area contributed by atoms with Crippen LogP contribution in [-0.2, 0) is 9.53 Å². The van der Waals surface area contributed by atoms with Crippen molar-refractivity contribution in [3.8, 4) is 0 Å². The van der Waals surface area contributed by atoms with Crippen LogP contribution in [0.25, 0.3) is 10.9 Å². The van der Waals surface area contributed by atoms with Crippen LogP contribution in [0, 0.1) is 6.92 Å². The third-order valence-electron chi connectivity index (χ3n) is 5.76. The summed E-state index contributed by atoms with van der Waals surface area (Å²) in [4.78, 5) is 21.7. The highest BCUT2D eigenvalue weighted by molar-refractivity contribution is 5.90. The quantitative estimate of drug-likeness (QED) is 0.695. The van der Waals surface area contributed by atoms with Crippen molar-refractivity contribution in [3.05, 3.63) is 41.9 Å². The first-order chi connectivity index (χ1) is 13.5. The van der Waals surface area contributed by atoms with Crippen LogP contribution in [0.3, 0.4) is 0 Å². The van der Waals surface area contributed by atoms with Crippen LogP contribution in [0.5, 0.6) is 0 Å². The fourth-order valence-corrected chi connectivity index (χ4v) is 4.02. The zero-order chi connectivity index (χ0) is 19.7. The van der Waals surface area contributed by atoms with Gasteiger partial charge < -0.3 is 10.1 Å². The second-order valence-electron chi connectivity index (χ2n) is 7.54. The zero-order valence-electron chi connectivity index (χ0n) is 16.5. The second kappa shape index (κ2) is 7.31. The van der Waals surface area contributed by atoms with E-state index in [4.69, 9.17) is 14.7 Å². The number of rotatable bonds is 5. The van der Waals surface area contributed by atoms with Crippen LogP contribution in [0.4, 0.5) is 11.6 Å². The molecule has 0 aliphatic heterocycles. The van der Waals surface area contributed by atoms with Crippen LogP contribution in [0.15, 0.2) is 30.3 Å². The van der Waals surface area contributed by atoms with Crippen LogP contribution in [0.2, 0.25) is 0 Å². The number of hydrogen-bond donors (Lipinski definition) is 2. The molecule has 3 aromatic rings. The molecular formula is C21H25N5O2. The lowest BCUT2D eigenvalue weighted by Gasteiger charge is -2.36. The number of aryl methyl sites for hydroxylation is 1. The van der Waals surface area contributed by atoms with E-state index in [9.17, 15) is 4.79 Å². The summed E-state index contributed by atoms with van der Waals surface area (Å²) in [6, 6.07) is 9.91. The predicted molar refractivity (Wildman–Crippen MR) is 108 cm³/mol. The van der Waals surface area contributed by atoms with E-state index < -0.39 is 5.60 Å². The van der Waals surface area contributed by atoms with Crippen molar-refractivity contribution in [1.29, 1.82) is 0 Å². The lowest BCUT2D eigenvalue weighted by Crippen LogP contribution is -2.42. The molecular weight excluding hydrogens is 354 g/mol. The molecule has 146 valence electrons. The first-order valence-electron chi connectivity index (χ1n) is 9.63. The van der Waals surface area contributed by atoms with E-state index in [1.807, 2.05) is 37.3 Å². The minimum atomic E-state index is -0.652. The van der Waals surface area contributed by atoms with Crippen LogP contribution < -0.4 is 5.32 Å². The Balaban J connectivity index is 1.66. The Morgan fingerprint density at radius 2 is 2.00 bits per heavy atom. The van der Waals surface area contributed by atoms with Gasteiger partial charge >= 0.3 is 0 Å². The Morgan fingerprint density at radius 3 is 2.64 bits per heavy atom. The summed E-state index contributed by atoms with van der Waals surface area (Å²) in [5, 5.41) is 11.5. The zero-order valence-corrected chi connectivity index (χ0v) is 16.5. The number of methoxy groups -OCH3 is 1. The molecule has 0 radical (unpaired) electrons. The molecule has 2 aromatic heterocycles. The summed E-state index contributed by atoms with van der Waals surface area (Å²) in [6.07, 6.45) is 3.04. The van der Waals surface area contributed by atoms with E-state index in [2.05, 4.69) is 15.5 Å². The lowest BCUT2D eigenvalue weighted by molar-refractivity contribution is -0.143. The number of ether oxygens (including phenoxy) is 1. The van der Waals surface area contributed by atoms with Gasteiger partial charge in [-0.3, -0.25) is 9.89 Å². The largest absolute Gasteiger partial charge is 0.370 e. The van der Waals surface area contributed by atoms with Crippen molar-refractivity contribution in [2.75, 3.05) is 12.4 Å². The molecule has 1 aromatic carbocycles. The van der Waals surface area contributed by atoms with E-state index in [1.165, 1.54) is 0 Å². The van der Waals surface area contributed by atoms with Crippen molar-refractivity contribution >= 4 is 28.3 Å². The van der Waals surface area contributed by atoms with E-state index in [1.54, 1.807) is 14.0 Å². The molecule has 28 heavy (non-hydrogen) atoms. The molecule has 2 N–H and O–H groups in total. The number of H-pyrrole nitrogens is 1. The molecule has 2 heterocycles. The maximum absolute atomic E-state index is 12.1. The molecule has 0 atom stereocenters. The van der Waals surface area contributed by atoms with Gasteiger partial charge in [0.2, 0.25) is 0 Å². The van der Waals surface area contributed by atoms with Crippen molar-refractivity contribution in [2.24, 2.45) is 0 Å². The Bertz CT molecular complexity index is 1000. The summed E-state index contributed by atoms with van der Waals surface area (Å²) in [5.41, 5.74) is 1.23. The first-order valence-corrected chi connectivity index (χ1v) is 9.63. The average Bonchev–Trinajstić information content (AvgIpc) is 3.12. The number of anilines is 2. The second-order valence-corrected chi connectivity index (χ2v) is 7.54. The number of fused-ring (bicyclic) bond motifs is 1. The molecule has 1 aliphatic carbocycles. The average molecular weight is 379 g/mol. The Labute approximate surface area is 163 Å². The number of aromatic amines is 1. The van der Waals surface area contributed by atoms with E-state index in [-0.39, 0.29) is 11.7 Å². The van der Waals surface area contributed by atoms with Gasteiger partial charge in [-0.05, 0) is 51.7 Å². The molecule has 7 heteroatoms. The molecule has 0 unspecified atom stereocenters. The van der Waals surface area contributed by atoms with Gasteiger partial charge in [-0.25, -0.2) is 9.97 Å². The highest BCUT2D eigenvalue weighted by Crippen LogP contribution is 2.40. The highest BCUT2D eigenvalue weighted by Gasteiger charge is 2.40. The topological polar surface area (TPSA) is 92.8 Å². The number of Topliss-reactive ketones (excluding diaryl/α,β-unsaturated/α-hetero) is 1. The van der Waals surface area contributed by atoms with Gasteiger partial charge in [0, 0.05) is 30.2 Å². The van der Waals surface area contributed by atoms with Gasteiger partial charge in [0.25, 0.3) is 0 Å². The van der Waals surface area contributed by atoms with Crippen molar-refractivity contribution < 1.29 is 9.53 Å². The van der Waals surface area contributed by atoms with Crippen LogP contribution in [-0.4, -0.2) is 38.7 Å². The van der Waals surface area contributed by atoms with Gasteiger partial charge in [-0.1, -0.05) is 12.1 Å². The third-order valence-corrected chi connectivity index (χ3v) is 5.76. The monoisotopic (exact) mass is 379 g/mol. The van der Waals surface area contributed by atoms with E-state index >= 15 is 0 Å². The number of carbonyl (C=O) groups excluding carboxylic acids is 1. The number of para-hydroxylation sites is 1. The van der Waals surface area contributed by atoms with Crippen LogP contribution in [0.1, 0.15) is 50.0 Å². The molecule has 0 bridgehead atoms. The summed E-state index contributed by atoms with van der Waals surface area (Å²) in [5.74, 6) is 2.59. The standard InChI is InChI=1S/C21H25N5O2/c1-13-12-18(26-25-13)23-20-16-6-4-5-7-17(16)22-19(24-20)15-8-10-21(28-3,11-9-15)14(2)27/h4-7,12,15H,8-11H2,1-3H3,(H2,22,23,24,25,26). The smallest absolute Gasteiger partial charge is 0.161 e. The minimum Gasteiger partial charge on any atom is -0.370 e. The van der Waals surface area contributed by atoms with Gasteiger partial charge in [-0.2, -0.15) is 5.10 Å². The molecule has 1 saturated carbocycles. The Kier molecular flexibility index (Phi) is 4.85. The molecule has 0 saturated heterocycles. The fourth-order valence-electron chi connectivity index (χ4n) is 4.02. The summed E-state index contributed by atoms with van der Waals surface area (Å²) < 4.78 is 5.59. The minimum absolute atomic E-state index is 0.101. The number of hydrogen-bond acceptors (Lipinski definition) is 6. The highest BCUT2D eigenvalue weighted by atomic mass is 16.5. The number of benzene rings is 1. The van der Waals surface area contributed by atoms with Gasteiger partial charge in [0.1, 0.15) is 17.2 Å². The SMILES string of the molecule is COC1(C(C)=O)CCC(c2nc(Nc3cc(C)[nH]n3)c3ccccc3n2)CC1. The van der Waals surface area contributed by atoms with Gasteiger partial charge in [0.05, 0.1) is 5.52 Å². The number of aromatic nitrogens is 4. The Hall–Kier alpha value is -2.80. The summed E-state index contributed by atoms with van der Waals surface area (Å²) in [6.45, 7) is 3.57. The fraction of sp³-hybridized carbons (Fsp3) is 0.429. The van der Waals surface area contributed by atoms with Crippen molar-refractivity contribution in [2.45, 2.75) is 51.0 Å². The maximum atomic E-state index is 12.1. The van der Waals surface area contributed by atoms with E-state index in [0.717, 1.165) is 46.9 Å². The molecule has 1 fully saturated rings.